The number of rotatable bonds is 11. The van der Waals surface area contributed by atoms with Crippen molar-refractivity contribution >= 4 is 64.1 Å². The van der Waals surface area contributed by atoms with Crippen molar-refractivity contribution in [3.05, 3.63) is 86.1 Å². The molecule has 0 unspecified atom stereocenters. The number of Topliss-reactive ketones (excluding diaryl/α,β-unsaturated/α-hetero) is 1. The average Bonchev–Trinajstić information content (AvgIpc) is 3.71. The second kappa shape index (κ2) is 13.4. The second-order valence-electron chi connectivity index (χ2n) is 13.4. The molecule has 17 heteroatoms. The van der Waals surface area contributed by atoms with E-state index in [1.165, 1.54) is 39.2 Å². The SMILES string of the molecule is COc1c(N2CC[C@@H](CNS(=O)(=O)c3cc(F)ccc3C)C2)c(F)cc2c(=O)c3c(OS(=O)(=O)c4cc(F)ccc4C)c(C(C)=O)sc3n(C3CC3)c12. The molecule has 0 amide bonds. The Morgan fingerprint density at radius 2 is 1.58 bits per heavy atom. The maximum atomic E-state index is 16.3. The van der Waals surface area contributed by atoms with Gasteiger partial charge in [-0.2, -0.15) is 8.42 Å². The van der Waals surface area contributed by atoms with Crippen LogP contribution in [0.3, 0.4) is 0 Å². The van der Waals surface area contributed by atoms with Crippen LogP contribution < -0.4 is 24.0 Å². The largest absolute Gasteiger partial charge is 0.492 e. The average molecular weight is 790 g/mol. The molecule has 7 rings (SSSR count). The summed E-state index contributed by atoms with van der Waals surface area (Å²) < 4.78 is 113. The van der Waals surface area contributed by atoms with Gasteiger partial charge in [0, 0.05) is 32.6 Å². The van der Waals surface area contributed by atoms with Gasteiger partial charge in [-0.25, -0.2) is 26.3 Å². The van der Waals surface area contributed by atoms with Crippen molar-refractivity contribution in [2.75, 3.05) is 31.6 Å². The molecule has 0 bridgehead atoms. The molecular formula is C36H34F3N3O8S3. The Bertz CT molecular complexity index is 2640. The number of ketones is 1. The van der Waals surface area contributed by atoms with Gasteiger partial charge >= 0.3 is 10.1 Å². The monoisotopic (exact) mass is 789 g/mol. The summed E-state index contributed by atoms with van der Waals surface area (Å²) in [7, 11) is -7.45. The second-order valence-corrected chi connectivity index (χ2v) is 17.6. The van der Waals surface area contributed by atoms with Crippen LogP contribution in [0.4, 0.5) is 18.9 Å². The Morgan fingerprint density at radius 3 is 2.21 bits per heavy atom. The topological polar surface area (TPSA) is 141 Å². The van der Waals surface area contributed by atoms with E-state index in [2.05, 4.69) is 4.72 Å². The number of fused-ring (bicyclic) bond motifs is 2. The third-order valence-corrected chi connectivity index (χ3v) is 13.8. The van der Waals surface area contributed by atoms with Crippen LogP contribution in [0.15, 0.2) is 57.1 Å². The summed E-state index contributed by atoms with van der Waals surface area (Å²) in [5.41, 5.74) is 0.0827. The molecule has 1 aliphatic carbocycles. The summed E-state index contributed by atoms with van der Waals surface area (Å²) in [5.74, 6) is -3.62. The molecular weight excluding hydrogens is 756 g/mol. The number of aromatic nitrogens is 1. The standard InChI is InChI=1S/C36H34F3N3O8S3/c1-18-5-7-22(37)13-27(18)52(45,46)40-16-21-11-12-41(17-21)31-26(39)15-25-30(34(31)49-4)42(24-9-10-24)36-29(32(25)44)33(35(51-36)20(3)43)50-53(47,48)28-14-23(38)8-6-19(28)2/h5-8,13-15,21,24,40H,9-12,16-17H2,1-4H3/t21-/m0/s1. The maximum absolute atomic E-state index is 16.3. The number of hydrogen-bond donors (Lipinski definition) is 1. The number of aryl methyl sites for hydroxylation is 2. The first-order chi connectivity index (χ1) is 25.0. The summed E-state index contributed by atoms with van der Waals surface area (Å²) in [5, 5.41) is -0.359. The summed E-state index contributed by atoms with van der Waals surface area (Å²) in [6.07, 6.45) is 1.82. The van der Waals surface area contributed by atoms with Crippen LogP contribution >= 0.6 is 11.3 Å². The van der Waals surface area contributed by atoms with Crippen LogP contribution in [0.2, 0.25) is 0 Å². The number of methoxy groups -OCH3 is 1. The summed E-state index contributed by atoms with van der Waals surface area (Å²) in [4.78, 5) is 28.4. The Labute approximate surface area is 307 Å². The number of thiophene rings is 1. The number of nitrogens with one attached hydrogen (secondary N) is 1. The lowest BCUT2D eigenvalue weighted by atomic mass is 10.1. The lowest BCUT2D eigenvalue weighted by molar-refractivity contribution is 0.102. The van der Waals surface area contributed by atoms with E-state index in [0.29, 0.717) is 31.4 Å². The minimum Gasteiger partial charge on any atom is -0.492 e. The summed E-state index contributed by atoms with van der Waals surface area (Å²) >= 11 is 0.868. The van der Waals surface area contributed by atoms with Crippen molar-refractivity contribution in [1.82, 2.24) is 9.29 Å². The van der Waals surface area contributed by atoms with E-state index < -0.39 is 59.5 Å². The zero-order valence-electron chi connectivity index (χ0n) is 29.0. The van der Waals surface area contributed by atoms with Crippen LogP contribution in [-0.2, 0) is 20.1 Å². The zero-order chi connectivity index (χ0) is 38.1. The minimum absolute atomic E-state index is 0.00353. The van der Waals surface area contributed by atoms with Gasteiger partial charge in [-0.05, 0) is 80.5 Å². The number of anilines is 1. The smallest absolute Gasteiger partial charge is 0.339 e. The van der Waals surface area contributed by atoms with Crippen LogP contribution in [0.1, 0.15) is 53.0 Å². The Hall–Kier alpha value is -4.45. The molecule has 280 valence electrons. The number of halogens is 3. The molecule has 2 aromatic heterocycles. The lowest BCUT2D eigenvalue weighted by Crippen LogP contribution is -2.31. The first-order valence-electron chi connectivity index (χ1n) is 16.7. The van der Waals surface area contributed by atoms with Gasteiger partial charge in [0.05, 0.1) is 22.9 Å². The molecule has 0 radical (unpaired) electrons. The van der Waals surface area contributed by atoms with E-state index in [4.69, 9.17) is 8.92 Å². The lowest BCUT2D eigenvalue weighted by Gasteiger charge is -2.25. The summed E-state index contributed by atoms with van der Waals surface area (Å²) in [6, 6.07) is 7.50. The number of carbonyl (C=O) groups is 1. The van der Waals surface area contributed by atoms with Gasteiger partial charge in [-0.1, -0.05) is 12.1 Å². The van der Waals surface area contributed by atoms with E-state index in [9.17, 15) is 35.2 Å². The molecule has 1 atom stereocenters. The zero-order valence-corrected chi connectivity index (χ0v) is 31.4. The number of ether oxygens (including phenoxy) is 1. The Balaban J connectivity index is 1.31. The van der Waals surface area contributed by atoms with Gasteiger partial charge in [0.2, 0.25) is 15.5 Å². The normalized spacial score (nSPS) is 16.5. The molecule has 3 heterocycles. The van der Waals surface area contributed by atoms with Crippen LogP contribution in [0.25, 0.3) is 21.1 Å². The number of nitrogens with zero attached hydrogens (tertiary/aromatic N) is 2. The van der Waals surface area contributed by atoms with Crippen LogP contribution in [0.5, 0.6) is 11.5 Å². The summed E-state index contributed by atoms with van der Waals surface area (Å²) in [6.45, 7) is 4.76. The number of benzene rings is 3. The van der Waals surface area contributed by atoms with Gasteiger partial charge in [0.15, 0.2) is 23.1 Å². The quantitative estimate of drug-likeness (QED) is 0.119. The molecule has 2 fully saturated rings. The van der Waals surface area contributed by atoms with Crippen molar-refractivity contribution in [2.24, 2.45) is 5.92 Å². The highest BCUT2D eigenvalue weighted by molar-refractivity contribution is 7.89. The minimum atomic E-state index is -4.75. The van der Waals surface area contributed by atoms with E-state index in [-0.39, 0.29) is 72.9 Å². The molecule has 11 nitrogen and oxygen atoms in total. The molecule has 53 heavy (non-hydrogen) atoms. The highest BCUT2D eigenvalue weighted by Gasteiger charge is 2.37. The van der Waals surface area contributed by atoms with E-state index in [1.54, 1.807) is 16.4 Å². The highest BCUT2D eigenvalue weighted by atomic mass is 32.2. The third kappa shape index (κ3) is 6.57. The van der Waals surface area contributed by atoms with E-state index in [1.807, 2.05) is 0 Å². The van der Waals surface area contributed by atoms with Crippen molar-refractivity contribution in [1.29, 1.82) is 0 Å². The first kappa shape index (κ1) is 36.9. The molecule has 2 aliphatic rings. The van der Waals surface area contributed by atoms with Gasteiger partial charge in [-0.3, -0.25) is 9.59 Å². The fourth-order valence-corrected chi connectivity index (χ4v) is 10.7. The number of sulfonamides is 1. The van der Waals surface area contributed by atoms with Crippen molar-refractivity contribution in [2.45, 2.75) is 55.9 Å². The van der Waals surface area contributed by atoms with Crippen LogP contribution in [0, 0.1) is 37.2 Å². The van der Waals surface area contributed by atoms with Gasteiger partial charge in [-0.15, -0.1) is 11.3 Å². The van der Waals surface area contributed by atoms with Crippen molar-refractivity contribution in [3.8, 4) is 11.5 Å². The Kier molecular flexibility index (Phi) is 9.36. The van der Waals surface area contributed by atoms with Crippen molar-refractivity contribution in [3.63, 3.8) is 0 Å². The van der Waals surface area contributed by atoms with Crippen molar-refractivity contribution < 1.29 is 43.7 Å². The molecule has 1 saturated carbocycles. The van der Waals surface area contributed by atoms with Crippen LogP contribution in [-0.4, -0.2) is 53.9 Å². The predicted octanol–water partition coefficient (Wildman–Crippen LogP) is 6.37. The van der Waals surface area contributed by atoms with Gasteiger partial charge in [0.25, 0.3) is 0 Å². The fraction of sp³-hybridized carbons (Fsp3) is 0.333. The van der Waals surface area contributed by atoms with Gasteiger partial charge in [0.1, 0.15) is 37.3 Å². The Morgan fingerprint density at radius 1 is 0.943 bits per heavy atom. The molecule has 1 N–H and O–H groups in total. The molecule has 5 aromatic rings. The molecule has 1 aliphatic heterocycles. The molecule has 1 saturated heterocycles. The van der Waals surface area contributed by atoms with E-state index in [0.717, 1.165) is 35.6 Å². The first-order valence-corrected chi connectivity index (χ1v) is 20.4. The predicted molar refractivity (Wildman–Crippen MR) is 194 cm³/mol. The number of carbonyl (C=O) groups excluding carboxylic acids is 1. The molecule has 0 spiro atoms. The fourth-order valence-electron chi connectivity index (χ4n) is 6.88. The molecule has 3 aromatic carbocycles. The number of hydrogen-bond acceptors (Lipinski definition) is 10. The number of pyridine rings is 1. The maximum Gasteiger partial charge on any atom is 0.339 e. The van der Waals surface area contributed by atoms with Gasteiger partial charge < -0.3 is 18.4 Å². The highest BCUT2D eigenvalue weighted by Crippen LogP contribution is 2.49. The third-order valence-electron chi connectivity index (χ3n) is 9.61. The van der Waals surface area contributed by atoms with E-state index >= 15 is 4.39 Å².